The van der Waals surface area contributed by atoms with E-state index in [2.05, 4.69) is 16.8 Å². The normalized spacial score (nSPS) is 10.8. The molecule has 2 heterocycles. The van der Waals surface area contributed by atoms with E-state index in [1.54, 1.807) is 12.3 Å². The molecule has 0 atom stereocenters. The van der Waals surface area contributed by atoms with E-state index in [9.17, 15) is 4.79 Å². The molecular weight excluding hydrogens is 130 g/mol. The Kier molecular flexibility index (Phi) is 0.768. The molecule has 2 aromatic heterocycles. The fraction of sp³-hybridized carbons (Fsp3) is 0. The van der Waals surface area contributed by atoms with Gasteiger partial charge in [-0.1, -0.05) is 6.58 Å². The van der Waals surface area contributed by atoms with Crippen molar-refractivity contribution in [3.8, 4) is 0 Å². The zero-order valence-corrected chi connectivity index (χ0v) is 5.16. The van der Waals surface area contributed by atoms with E-state index in [4.69, 9.17) is 0 Å². The predicted octanol–water partition coefficient (Wildman–Crippen LogP) is -0.848. The Hall–Kier alpha value is -1.58. The third-order valence-electron chi connectivity index (χ3n) is 1.43. The van der Waals surface area contributed by atoms with Crippen molar-refractivity contribution >= 4 is 12.1 Å². The van der Waals surface area contributed by atoms with Crippen molar-refractivity contribution in [2.45, 2.75) is 0 Å². The van der Waals surface area contributed by atoms with Crippen LogP contribution in [0.3, 0.4) is 0 Å². The Morgan fingerprint density at radius 2 is 2.50 bits per heavy atom. The van der Waals surface area contributed by atoms with Gasteiger partial charge in [-0.2, -0.15) is 9.73 Å². The third-order valence-corrected chi connectivity index (χ3v) is 1.43. The van der Waals surface area contributed by atoms with Gasteiger partial charge in [-0.15, -0.1) is 0 Å². The van der Waals surface area contributed by atoms with Crippen molar-refractivity contribution in [1.82, 2.24) is 14.8 Å². The maximum Gasteiger partial charge on any atom is 0.273 e. The van der Waals surface area contributed by atoms with E-state index < -0.39 is 0 Å². The summed E-state index contributed by atoms with van der Waals surface area (Å²) in [7, 11) is 0. The van der Waals surface area contributed by atoms with Gasteiger partial charge in [0.2, 0.25) is 0 Å². The first-order valence-corrected chi connectivity index (χ1v) is 2.84. The van der Waals surface area contributed by atoms with E-state index in [1.807, 2.05) is 0 Å². The van der Waals surface area contributed by atoms with Crippen LogP contribution in [-0.2, 0) is 0 Å². The summed E-state index contributed by atoms with van der Waals surface area (Å²) in [6, 6.07) is 1.74. The summed E-state index contributed by atoms with van der Waals surface area (Å²) in [4.78, 5) is 10.8. The lowest BCUT2D eigenvalue weighted by Gasteiger charge is -1.74. The highest BCUT2D eigenvalue weighted by Crippen LogP contribution is 1.86. The Morgan fingerprint density at radius 3 is 3.20 bits per heavy atom. The van der Waals surface area contributed by atoms with Crippen molar-refractivity contribution in [3.05, 3.63) is 27.8 Å². The molecule has 0 bridgehead atoms. The van der Waals surface area contributed by atoms with Crippen LogP contribution in [0.2, 0.25) is 0 Å². The molecule has 4 nitrogen and oxygen atoms in total. The lowest BCUT2D eigenvalue weighted by Crippen LogP contribution is -2.18. The molecule has 0 saturated heterocycles. The van der Waals surface area contributed by atoms with Crippen LogP contribution < -0.4 is 10.8 Å². The molecule has 0 saturated carbocycles. The molecule has 10 heavy (non-hydrogen) atoms. The van der Waals surface area contributed by atoms with Gasteiger partial charge in [-0.3, -0.25) is 4.79 Å². The largest absolute Gasteiger partial charge is 0.273 e. The standard InChI is InChI=1S/C6H5N3O/c1-4-5-2-3-7-9(5)8-6(4)10/h2-3H,1H2,(H,8,10). The molecule has 0 fully saturated rings. The first kappa shape index (κ1) is 5.22. The monoisotopic (exact) mass is 135 g/mol. The molecule has 0 spiro atoms. The molecule has 0 amide bonds. The molecule has 0 radical (unpaired) electrons. The zero-order valence-electron chi connectivity index (χ0n) is 5.16. The van der Waals surface area contributed by atoms with Crippen LogP contribution in [0.25, 0.3) is 12.1 Å². The highest BCUT2D eigenvalue weighted by atomic mass is 16.1. The molecule has 1 N–H and O–H groups in total. The number of hydrogen-bond acceptors (Lipinski definition) is 2. The van der Waals surface area contributed by atoms with Gasteiger partial charge in [0.05, 0.1) is 16.9 Å². The molecule has 0 aliphatic carbocycles. The minimum absolute atomic E-state index is 0.178. The van der Waals surface area contributed by atoms with E-state index in [0.29, 0.717) is 5.22 Å². The fourth-order valence-electron chi connectivity index (χ4n) is 0.901. The van der Waals surface area contributed by atoms with Gasteiger partial charge in [0, 0.05) is 0 Å². The summed E-state index contributed by atoms with van der Waals surface area (Å²) in [5.74, 6) is 0. The quantitative estimate of drug-likeness (QED) is 0.511. The van der Waals surface area contributed by atoms with Gasteiger partial charge in [0.25, 0.3) is 5.56 Å². The van der Waals surface area contributed by atoms with E-state index in [1.165, 1.54) is 4.63 Å². The number of fused-ring (bicyclic) bond motifs is 1. The maximum atomic E-state index is 10.8. The molecule has 0 aliphatic heterocycles. The second-order valence-corrected chi connectivity index (χ2v) is 2.05. The summed E-state index contributed by atoms with van der Waals surface area (Å²) in [5.41, 5.74) is 0.563. The van der Waals surface area contributed by atoms with Crippen LogP contribution in [-0.4, -0.2) is 14.8 Å². The number of H-pyrrole nitrogens is 1. The predicted molar refractivity (Wildman–Crippen MR) is 36.6 cm³/mol. The summed E-state index contributed by atoms with van der Waals surface area (Å²) in [6.45, 7) is 3.58. The molecule has 2 rings (SSSR count). The smallest absolute Gasteiger partial charge is 0.267 e. The molecule has 0 unspecified atom stereocenters. The van der Waals surface area contributed by atoms with Crippen LogP contribution >= 0.6 is 0 Å². The SMILES string of the molecule is C=c1c(=O)[nH]n2nccc12. The van der Waals surface area contributed by atoms with Crippen molar-refractivity contribution in [1.29, 1.82) is 0 Å². The summed E-state index contributed by atoms with van der Waals surface area (Å²) in [6.07, 6.45) is 1.61. The minimum Gasteiger partial charge on any atom is -0.267 e. The van der Waals surface area contributed by atoms with Gasteiger partial charge < -0.3 is 0 Å². The summed E-state index contributed by atoms with van der Waals surface area (Å²) >= 11 is 0. The number of aromatic nitrogens is 3. The van der Waals surface area contributed by atoms with Crippen molar-refractivity contribution in [2.75, 3.05) is 0 Å². The van der Waals surface area contributed by atoms with E-state index in [-0.39, 0.29) is 5.56 Å². The van der Waals surface area contributed by atoms with Crippen LogP contribution in [0, 0.1) is 0 Å². The van der Waals surface area contributed by atoms with Crippen molar-refractivity contribution in [2.24, 2.45) is 0 Å². The maximum absolute atomic E-state index is 10.8. The molecule has 2 aromatic rings. The number of rotatable bonds is 0. The van der Waals surface area contributed by atoms with E-state index in [0.717, 1.165) is 5.52 Å². The fourth-order valence-corrected chi connectivity index (χ4v) is 0.901. The Bertz CT molecular complexity index is 453. The minimum atomic E-state index is -0.178. The number of hydrogen-bond donors (Lipinski definition) is 1. The highest BCUT2D eigenvalue weighted by molar-refractivity contribution is 5.46. The van der Waals surface area contributed by atoms with Crippen LogP contribution in [0.15, 0.2) is 17.1 Å². The number of aromatic amines is 1. The second-order valence-electron chi connectivity index (χ2n) is 2.05. The Morgan fingerprint density at radius 1 is 1.70 bits per heavy atom. The van der Waals surface area contributed by atoms with Gasteiger partial charge in [0.1, 0.15) is 0 Å². The van der Waals surface area contributed by atoms with Crippen LogP contribution in [0.4, 0.5) is 0 Å². The Balaban J connectivity index is 3.24. The van der Waals surface area contributed by atoms with Crippen molar-refractivity contribution in [3.63, 3.8) is 0 Å². The van der Waals surface area contributed by atoms with E-state index >= 15 is 0 Å². The zero-order chi connectivity index (χ0) is 7.14. The molecule has 4 heteroatoms. The first-order valence-electron chi connectivity index (χ1n) is 2.84. The second kappa shape index (κ2) is 1.47. The molecular formula is C6H5N3O. The van der Waals surface area contributed by atoms with Gasteiger partial charge >= 0.3 is 0 Å². The van der Waals surface area contributed by atoms with Gasteiger partial charge in [-0.25, -0.2) is 5.10 Å². The van der Waals surface area contributed by atoms with Crippen molar-refractivity contribution < 1.29 is 0 Å². The number of nitrogens with one attached hydrogen (secondary N) is 1. The van der Waals surface area contributed by atoms with Gasteiger partial charge in [-0.05, 0) is 6.07 Å². The summed E-state index contributed by atoms with van der Waals surface area (Å²) < 4.78 is 1.41. The molecule has 0 aromatic carbocycles. The summed E-state index contributed by atoms with van der Waals surface area (Å²) in [5, 5.41) is 6.79. The van der Waals surface area contributed by atoms with Crippen LogP contribution in [0.1, 0.15) is 0 Å². The molecule has 0 aliphatic rings. The third kappa shape index (κ3) is 0.452. The molecule has 50 valence electrons. The lowest BCUT2D eigenvalue weighted by atomic mass is 10.4. The Labute approximate surface area is 55.8 Å². The first-order chi connectivity index (χ1) is 4.79. The topological polar surface area (TPSA) is 50.2 Å². The van der Waals surface area contributed by atoms with Gasteiger partial charge in [0.15, 0.2) is 0 Å². The average molecular weight is 135 g/mol. The highest BCUT2D eigenvalue weighted by Gasteiger charge is 1.97. The average Bonchev–Trinajstić information content (AvgIpc) is 2.41. The lowest BCUT2D eigenvalue weighted by molar-refractivity contribution is 0.807. The van der Waals surface area contributed by atoms with Crippen LogP contribution in [0.5, 0.6) is 0 Å². The number of nitrogens with zero attached hydrogens (tertiary/aromatic N) is 2.